The number of nitro benzene ring substituents is 1. The number of hydrogen-bond donors (Lipinski definition) is 1. The van der Waals surface area contributed by atoms with Gasteiger partial charge in [-0.2, -0.15) is 0 Å². The molecule has 7 nitrogen and oxygen atoms in total. The summed E-state index contributed by atoms with van der Waals surface area (Å²) in [6, 6.07) is 11.5. The SMILES string of the molecule is CC(ON=Cc1cccc([N+](=O)[O-])c1)C(=O)Nc1ccccc1F. The standard InChI is InChI=1S/C16H14FN3O4/c1-11(16(21)19-15-8-3-2-7-14(15)17)24-18-10-12-5-4-6-13(9-12)20(22)23/h2-11H,1H3,(H,19,21). The monoisotopic (exact) mass is 331 g/mol. The molecule has 0 fully saturated rings. The Morgan fingerprint density at radius 3 is 2.79 bits per heavy atom. The number of carbonyl (C=O) groups excluding carboxylic acids is 1. The third-order valence-corrected chi connectivity index (χ3v) is 3.00. The molecule has 8 heteroatoms. The number of non-ortho nitro benzene ring substituents is 1. The maximum absolute atomic E-state index is 13.4. The van der Waals surface area contributed by atoms with Crippen LogP contribution in [-0.2, 0) is 9.63 Å². The van der Waals surface area contributed by atoms with Crippen LogP contribution < -0.4 is 5.32 Å². The fraction of sp³-hybridized carbons (Fsp3) is 0.125. The molecule has 0 radical (unpaired) electrons. The van der Waals surface area contributed by atoms with Crippen LogP contribution in [0.5, 0.6) is 0 Å². The number of benzene rings is 2. The number of rotatable bonds is 6. The first kappa shape index (κ1) is 17.1. The number of anilines is 1. The smallest absolute Gasteiger partial charge is 0.270 e. The molecule has 0 heterocycles. The van der Waals surface area contributed by atoms with E-state index in [-0.39, 0.29) is 11.4 Å². The van der Waals surface area contributed by atoms with Crippen molar-refractivity contribution in [2.75, 3.05) is 5.32 Å². The average Bonchev–Trinajstić information content (AvgIpc) is 2.57. The summed E-state index contributed by atoms with van der Waals surface area (Å²) < 4.78 is 13.4. The normalized spacial score (nSPS) is 11.9. The van der Waals surface area contributed by atoms with Gasteiger partial charge in [0.1, 0.15) is 5.82 Å². The lowest BCUT2D eigenvalue weighted by molar-refractivity contribution is -0.384. The van der Waals surface area contributed by atoms with E-state index >= 15 is 0 Å². The first-order valence-electron chi connectivity index (χ1n) is 6.96. The van der Waals surface area contributed by atoms with E-state index < -0.39 is 22.8 Å². The lowest BCUT2D eigenvalue weighted by Crippen LogP contribution is -2.26. The highest BCUT2D eigenvalue weighted by atomic mass is 19.1. The summed E-state index contributed by atoms with van der Waals surface area (Å²) in [4.78, 5) is 27.0. The molecule has 24 heavy (non-hydrogen) atoms. The minimum absolute atomic E-state index is 0.0422. The Hall–Kier alpha value is -3.29. The van der Waals surface area contributed by atoms with Crippen molar-refractivity contribution in [3.8, 4) is 0 Å². The fourth-order valence-corrected chi connectivity index (χ4v) is 1.75. The first-order chi connectivity index (χ1) is 11.5. The predicted molar refractivity (Wildman–Crippen MR) is 86.3 cm³/mol. The topological polar surface area (TPSA) is 93.8 Å². The number of halogens is 1. The highest BCUT2D eigenvalue weighted by Gasteiger charge is 2.15. The Morgan fingerprint density at radius 2 is 2.08 bits per heavy atom. The van der Waals surface area contributed by atoms with Gasteiger partial charge in [-0.1, -0.05) is 29.4 Å². The van der Waals surface area contributed by atoms with Gasteiger partial charge in [0, 0.05) is 17.7 Å². The lowest BCUT2D eigenvalue weighted by Gasteiger charge is -2.10. The average molecular weight is 331 g/mol. The summed E-state index contributed by atoms with van der Waals surface area (Å²) in [6.07, 6.45) is 0.277. The van der Waals surface area contributed by atoms with E-state index in [9.17, 15) is 19.3 Å². The lowest BCUT2D eigenvalue weighted by atomic mass is 10.2. The van der Waals surface area contributed by atoms with Gasteiger partial charge in [0.15, 0.2) is 0 Å². The van der Waals surface area contributed by atoms with Gasteiger partial charge in [0.05, 0.1) is 16.8 Å². The number of para-hydroxylation sites is 1. The summed E-state index contributed by atoms with van der Waals surface area (Å²) in [7, 11) is 0. The molecule has 0 spiro atoms. The molecule has 2 rings (SSSR count). The van der Waals surface area contributed by atoms with Gasteiger partial charge < -0.3 is 10.2 Å². The second-order valence-corrected chi connectivity index (χ2v) is 4.80. The van der Waals surface area contributed by atoms with Crippen LogP contribution in [0, 0.1) is 15.9 Å². The van der Waals surface area contributed by atoms with Crippen molar-refractivity contribution in [2.45, 2.75) is 13.0 Å². The molecule has 1 amide bonds. The molecule has 0 aromatic heterocycles. The highest BCUT2D eigenvalue weighted by Crippen LogP contribution is 2.13. The molecule has 0 saturated carbocycles. The van der Waals surface area contributed by atoms with Crippen molar-refractivity contribution in [3.05, 3.63) is 70.0 Å². The van der Waals surface area contributed by atoms with Crippen LogP contribution in [0.3, 0.4) is 0 Å². The fourth-order valence-electron chi connectivity index (χ4n) is 1.75. The second kappa shape index (κ2) is 7.82. The van der Waals surface area contributed by atoms with Crippen LogP contribution in [-0.4, -0.2) is 23.1 Å². The van der Waals surface area contributed by atoms with Gasteiger partial charge in [0.25, 0.3) is 11.6 Å². The highest BCUT2D eigenvalue weighted by molar-refractivity contribution is 5.94. The van der Waals surface area contributed by atoms with Crippen LogP contribution in [0.1, 0.15) is 12.5 Å². The van der Waals surface area contributed by atoms with Crippen LogP contribution in [0.2, 0.25) is 0 Å². The molecule has 2 aromatic rings. The van der Waals surface area contributed by atoms with Gasteiger partial charge in [-0.3, -0.25) is 14.9 Å². The van der Waals surface area contributed by atoms with E-state index in [0.29, 0.717) is 5.56 Å². The number of amides is 1. The van der Waals surface area contributed by atoms with E-state index in [4.69, 9.17) is 4.84 Å². The molecule has 124 valence electrons. The molecule has 1 N–H and O–H groups in total. The van der Waals surface area contributed by atoms with E-state index in [0.717, 1.165) is 0 Å². The van der Waals surface area contributed by atoms with Gasteiger partial charge >= 0.3 is 0 Å². The third-order valence-electron chi connectivity index (χ3n) is 3.00. The van der Waals surface area contributed by atoms with Crippen LogP contribution in [0.4, 0.5) is 15.8 Å². The van der Waals surface area contributed by atoms with Crippen molar-refractivity contribution >= 4 is 23.5 Å². The minimum Gasteiger partial charge on any atom is -0.383 e. The van der Waals surface area contributed by atoms with Crippen molar-refractivity contribution in [1.82, 2.24) is 0 Å². The second-order valence-electron chi connectivity index (χ2n) is 4.80. The molecule has 0 saturated heterocycles. The summed E-state index contributed by atoms with van der Waals surface area (Å²) in [5, 5.41) is 16.7. The Labute approximate surface area is 136 Å². The summed E-state index contributed by atoms with van der Waals surface area (Å²) in [5.74, 6) is -1.13. The van der Waals surface area contributed by atoms with E-state index in [2.05, 4.69) is 10.5 Å². The largest absolute Gasteiger partial charge is 0.383 e. The number of hydrogen-bond acceptors (Lipinski definition) is 5. The van der Waals surface area contributed by atoms with Crippen molar-refractivity contribution in [2.24, 2.45) is 5.16 Å². The Morgan fingerprint density at radius 1 is 1.33 bits per heavy atom. The summed E-state index contributed by atoms with van der Waals surface area (Å²) in [5.41, 5.74) is 0.413. The zero-order chi connectivity index (χ0) is 17.5. The van der Waals surface area contributed by atoms with Gasteiger partial charge in [-0.15, -0.1) is 0 Å². The Bertz CT molecular complexity index is 779. The van der Waals surface area contributed by atoms with Crippen LogP contribution >= 0.6 is 0 Å². The van der Waals surface area contributed by atoms with Gasteiger partial charge in [-0.05, 0) is 19.1 Å². The number of carbonyl (C=O) groups is 1. The van der Waals surface area contributed by atoms with Gasteiger partial charge in [0.2, 0.25) is 6.10 Å². The Balaban J connectivity index is 1.93. The van der Waals surface area contributed by atoms with Gasteiger partial charge in [-0.25, -0.2) is 4.39 Å². The zero-order valence-corrected chi connectivity index (χ0v) is 12.7. The van der Waals surface area contributed by atoms with E-state index in [1.165, 1.54) is 49.5 Å². The minimum atomic E-state index is -0.973. The maximum atomic E-state index is 13.4. The molecule has 0 aliphatic carbocycles. The van der Waals surface area contributed by atoms with Crippen molar-refractivity contribution in [1.29, 1.82) is 0 Å². The molecule has 0 bridgehead atoms. The molecule has 1 atom stereocenters. The number of nitrogens with one attached hydrogen (secondary N) is 1. The Kier molecular flexibility index (Phi) is 5.56. The van der Waals surface area contributed by atoms with Crippen molar-refractivity contribution in [3.63, 3.8) is 0 Å². The quantitative estimate of drug-likeness (QED) is 0.500. The number of oxime groups is 1. The molecular weight excluding hydrogens is 317 g/mol. The molecule has 1 unspecified atom stereocenters. The maximum Gasteiger partial charge on any atom is 0.270 e. The molecular formula is C16H14FN3O4. The summed E-state index contributed by atoms with van der Waals surface area (Å²) in [6.45, 7) is 1.45. The van der Waals surface area contributed by atoms with Crippen molar-refractivity contribution < 1.29 is 18.9 Å². The number of nitrogens with zero attached hydrogens (tertiary/aromatic N) is 2. The first-order valence-corrected chi connectivity index (χ1v) is 6.96. The zero-order valence-electron chi connectivity index (χ0n) is 12.7. The summed E-state index contributed by atoms with van der Waals surface area (Å²) >= 11 is 0. The van der Waals surface area contributed by atoms with E-state index in [1.807, 2.05) is 0 Å². The van der Waals surface area contributed by atoms with Crippen LogP contribution in [0.15, 0.2) is 53.7 Å². The third kappa shape index (κ3) is 4.60. The molecule has 0 aliphatic heterocycles. The van der Waals surface area contributed by atoms with Crippen LogP contribution in [0.25, 0.3) is 0 Å². The number of nitro groups is 1. The molecule has 2 aromatic carbocycles. The predicted octanol–water partition coefficient (Wildman–Crippen LogP) is 3.11. The van der Waals surface area contributed by atoms with E-state index in [1.54, 1.807) is 12.1 Å². The molecule has 0 aliphatic rings.